The number of ether oxygens (including phenoxy) is 2. The summed E-state index contributed by atoms with van der Waals surface area (Å²) in [4.78, 5) is 15.7. The second-order valence-corrected chi connectivity index (χ2v) is 6.27. The molecule has 0 radical (unpaired) electrons. The maximum Gasteiger partial charge on any atom is 0.427 e. The van der Waals surface area contributed by atoms with Crippen molar-refractivity contribution in [2.24, 2.45) is 0 Å². The molecule has 1 aromatic heterocycles. The number of hydrogen-bond acceptors (Lipinski definition) is 4. The Kier molecular flexibility index (Phi) is 7.50. The molecule has 0 aromatic carbocycles. The van der Waals surface area contributed by atoms with Crippen LogP contribution in [0.15, 0.2) is 18.3 Å². The molecule has 6 nitrogen and oxygen atoms in total. The SMILES string of the molecule is COC[C@@H](Oc1cc(CNC(=O)NC2CCCCC2)ccn1)C(F)(F)F. The number of carbonyl (C=O) groups is 1. The number of hydrogen-bond donors (Lipinski definition) is 2. The minimum atomic E-state index is -4.56. The Bertz CT molecular complexity index is 578. The summed E-state index contributed by atoms with van der Waals surface area (Å²) in [5.74, 6) is -0.170. The molecule has 2 N–H and O–H groups in total. The lowest BCUT2D eigenvalue weighted by molar-refractivity contribution is -0.207. The van der Waals surface area contributed by atoms with Crippen molar-refractivity contribution < 1.29 is 27.4 Å². The first-order valence-corrected chi connectivity index (χ1v) is 8.60. The van der Waals surface area contributed by atoms with Crippen LogP contribution < -0.4 is 15.4 Å². The monoisotopic (exact) mass is 375 g/mol. The molecule has 1 atom stereocenters. The molecule has 1 aliphatic rings. The number of carbonyl (C=O) groups excluding carboxylic acids is 1. The highest BCUT2D eigenvalue weighted by Crippen LogP contribution is 2.25. The molecule has 0 spiro atoms. The summed E-state index contributed by atoms with van der Waals surface area (Å²) < 4.78 is 48.1. The van der Waals surface area contributed by atoms with Gasteiger partial charge in [-0.05, 0) is 24.5 Å². The Morgan fingerprint density at radius 2 is 2.08 bits per heavy atom. The Hall–Kier alpha value is -2.03. The third kappa shape index (κ3) is 6.70. The molecule has 0 bridgehead atoms. The second kappa shape index (κ2) is 9.61. The fourth-order valence-corrected chi connectivity index (χ4v) is 2.78. The fraction of sp³-hybridized carbons (Fsp3) is 0.647. The van der Waals surface area contributed by atoms with Crippen LogP contribution in [0, 0.1) is 0 Å². The van der Waals surface area contributed by atoms with Crippen molar-refractivity contribution in [2.45, 2.75) is 57.0 Å². The molecule has 26 heavy (non-hydrogen) atoms. The average molecular weight is 375 g/mol. The number of urea groups is 1. The van der Waals surface area contributed by atoms with Crippen molar-refractivity contribution in [3.8, 4) is 5.88 Å². The molecule has 1 fully saturated rings. The van der Waals surface area contributed by atoms with Crippen molar-refractivity contribution in [3.05, 3.63) is 23.9 Å². The molecule has 0 saturated heterocycles. The molecule has 9 heteroatoms. The van der Waals surface area contributed by atoms with Crippen molar-refractivity contribution in [3.63, 3.8) is 0 Å². The lowest BCUT2D eigenvalue weighted by atomic mass is 9.96. The highest BCUT2D eigenvalue weighted by atomic mass is 19.4. The van der Waals surface area contributed by atoms with Gasteiger partial charge in [0.25, 0.3) is 0 Å². The van der Waals surface area contributed by atoms with Gasteiger partial charge >= 0.3 is 12.2 Å². The molecule has 1 aliphatic carbocycles. The molecular formula is C17H24F3N3O3. The third-order valence-corrected chi connectivity index (χ3v) is 4.14. The molecular weight excluding hydrogens is 351 g/mol. The predicted octanol–water partition coefficient (Wildman–Crippen LogP) is 3.17. The van der Waals surface area contributed by atoms with E-state index >= 15 is 0 Å². The van der Waals surface area contributed by atoms with E-state index in [0.717, 1.165) is 25.7 Å². The van der Waals surface area contributed by atoms with Crippen molar-refractivity contribution in [2.75, 3.05) is 13.7 Å². The summed E-state index contributed by atoms with van der Waals surface area (Å²) >= 11 is 0. The number of halogens is 3. The van der Waals surface area contributed by atoms with Crippen LogP contribution in [0.5, 0.6) is 5.88 Å². The zero-order chi connectivity index (χ0) is 19.0. The van der Waals surface area contributed by atoms with E-state index in [0.29, 0.717) is 5.56 Å². The van der Waals surface area contributed by atoms with Crippen LogP contribution >= 0.6 is 0 Å². The summed E-state index contributed by atoms with van der Waals surface area (Å²) in [6.45, 7) is -0.462. The predicted molar refractivity (Wildman–Crippen MR) is 88.8 cm³/mol. The summed E-state index contributed by atoms with van der Waals surface area (Å²) in [5.41, 5.74) is 0.590. The van der Waals surface area contributed by atoms with E-state index in [4.69, 9.17) is 4.74 Å². The van der Waals surface area contributed by atoms with Crippen LogP contribution in [0.4, 0.5) is 18.0 Å². The van der Waals surface area contributed by atoms with Gasteiger partial charge in [0.1, 0.15) is 0 Å². The van der Waals surface area contributed by atoms with E-state index in [1.54, 1.807) is 6.07 Å². The zero-order valence-corrected chi connectivity index (χ0v) is 14.6. The fourth-order valence-electron chi connectivity index (χ4n) is 2.78. The average Bonchev–Trinajstić information content (AvgIpc) is 2.60. The standard InChI is InChI=1S/C17H24F3N3O3/c1-25-11-14(17(18,19)20)26-15-9-12(7-8-21-15)10-22-16(24)23-13-5-3-2-4-6-13/h7-9,13-14H,2-6,10-11H2,1H3,(H2,22,23,24)/t14-/m1/s1. The first kappa shape index (κ1) is 20.3. The number of nitrogens with zero attached hydrogens (tertiary/aromatic N) is 1. The van der Waals surface area contributed by atoms with E-state index < -0.39 is 18.9 Å². The van der Waals surface area contributed by atoms with Gasteiger partial charge in [0.05, 0.1) is 6.61 Å². The van der Waals surface area contributed by atoms with Crippen LogP contribution in [0.1, 0.15) is 37.7 Å². The number of amides is 2. The van der Waals surface area contributed by atoms with Crippen LogP contribution in [0.25, 0.3) is 0 Å². The summed E-state index contributed by atoms with van der Waals surface area (Å²) in [6.07, 6.45) is 0.0324. The number of rotatable bonds is 7. The summed E-state index contributed by atoms with van der Waals surface area (Å²) in [7, 11) is 1.17. The van der Waals surface area contributed by atoms with Gasteiger partial charge in [-0.15, -0.1) is 0 Å². The van der Waals surface area contributed by atoms with Crippen LogP contribution in [0.2, 0.25) is 0 Å². The number of aromatic nitrogens is 1. The van der Waals surface area contributed by atoms with Gasteiger partial charge in [-0.25, -0.2) is 9.78 Å². The van der Waals surface area contributed by atoms with Crippen LogP contribution in [-0.4, -0.2) is 43.1 Å². The van der Waals surface area contributed by atoms with Crippen molar-refractivity contribution >= 4 is 6.03 Å². The van der Waals surface area contributed by atoms with Gasteiger partial charge in [0, 0.05) is 32.0 Å². The molecule has 0 aliphatic heterocycles. The van der Waals surface area contributed by atoms with E-state index in [1.807, 2.05) is 0 Å². The largest absolute Gasteiger partial charge is 0.462 e. The maximum absolute atomic E-state index is 12.9. The van der Waals surface area contributed by atoms with Gasteiger partial charge in [-0.1, -0.05) is 19.3 Å². The van der Waals surface area contributed by atoms with Crippen molar-refractivity contribution in [1.82, 2.24) is 15.6 Å². The molecule has 146 valence electrons. The first-order valence-electron chi connectivity index (χ1n) is 8.60. The van der Waals surface area contributed by atoms with Crippen LogP contribution in [-0.2, 0) is 11.3 Å². The minimum Gasteiger partial charge on any atom is -0.462 e. The van der Waals surface area contributed by atoms with E-state index in [1.165, 1.54) is 25.8 Å². The Morgan fingerprint density at radius 3 is 2.73 bits per heavy atom. The van der Waals surface area contributed by atoms with E-state index in [9.17, 15) is 18.0 Å². The van der Waals surface area contributed by atoms with Gasteiger partial charge in [-0.3, -0.25) is 0 Å². The van der Waals surface area contributed by atoms with Crippen molar-refractivity contribution in [1.29, 1.82) is 0 Å². The summed E-state index contributed by atoms with van der Waals surface area (Å²) in [5, 5.41) is 5.61. The Labute approximate surface area is 150 Å². The smallest absolute Gasteiger partial charge is 0.427 e. The molecule has 1 saturated carbocycles. The maximum atomic E-state index is 12.9. The summed E-state index contributed by atoms with van der Waals surface area (Å²) in [6, 6.07) is 2.87. The zero-order valence-electron chi connectivity index (χ0n) is 14.6. The lowest BCUT2D eigenvalue weighted by Crippen LogP contribution is -2.42. The van der Waals surface area contributed by atoms with E-state index in [-0.39, 0.29) is 24.5 Å². The molecule has 1 aromatic rings. The Balaban J connectivity index is 1.86. The van der Waals surface area contributed by atoms with Gasteiger partial charge < -0.3 is 20.1 Å². The second-order valence-electron chi connectivity index (χ2n) is 6.27. The van der Waals surface area contributed by atoms with Gasteiger partial charge in [0.2, 0.25) is 12.0 Å². The van der Waals surface area contributed by atoms with Crippen LogP contribution in [0.3, 0.4) is 0 Å². The highest BCUT2D eigenvalue weighted by molar-refractivity contribution is 5.74. The third-order valence-electron chi connectivity index (χ3n) is 4.14. The van der Waals surface area contributed by atoms with Gasteiger partial charge in [-0.2, -0.15) is 13.2 Å². The van der Waals surface area contributed by atoms with Gasteiger partial charge in [0.15, 0.2) is 0 Å². The highest BCUT2D eigenvalue weighted by Gasteiger charge is 2.42. The molecule has 1 heterocycles. The number of alkyl halides is 3. The molecule has 2 amide bonds. The minimum absolute atomic E-state index is 0.165. The quantitative estimate of drug-likeness (QED) is 0.768. The Morgan fingerprint density at radius 1 is 1.35 bits per heavy atom. The first-order chi connectivity index (χ1) is 12.4. The topological polar surface area (TPSA) is 72.5 Å². The lowest BCUT2D eigenvalue weighted by Gasteiger charge is -2.23. The molecule has 0 unspecified atom stereocenters. The molecule has 2 rings (SSSR count). The number of methoxy groups -OCH3 is 1. The number of pyridine rings is 1. The van der Waals surface area contributed by atoms with E-state index in [2.05, 4.69) is 20.4 Å². The normalized spacial score (nSPS) is 16.8. The number of nitrogens with one attached hydrogen (secondary N) is 2.